The molecule has 0 atom stereocenters. The number of nitrogens with one attached hydrogen (secondary N) is 2. The number of rotatable bonds is 7. The van der Waals surface area contributed by atoms with Gasteiger partial charge in [0.1, 0.15) is 4.90 Å². The van der Waals surface area contributed by atoms with Crippen LogP contribution >= 0.6 is 0 Å². The van der Waals surface area contributed by atoms with Crippen molar-refractivity contribution in [3.05, 3.63) is 95.8 Å². The highest BCUT2D eigenvalue weighted by Gasteiger charge is 2.25. The van der Waals surface area contributed by atoms with Gasteiger partial charge in [-0.2, -0.15) is 5.10 Å². The second kappa shape index (κ2) is 8.96. The molecule has 0 aliphatic carbocycles. The molecule has 8 nitrogen and oxygen atoms in total. The van der Waals surface area contributed by atoms with Crippen LogP contribution in [-0.4, -0.2) is 26.6 Å². The van der Waals surface area contributed by atoms with Crippen molar-refractivity contribution in [2.75, 3.05) is 9.44 Å². The van der Waals surface area contributed by atoms with E-state index in [2.05, 4.69) is 14.5 Å². The Bertz CT molecular complexity index is 1530. The maximum atomic E-state index is 13.1. The molecule has 4 rings (SSSR count). The Labute approximate surface area is 199 Å². The lowest BCUT2D eigenvalue weighted by molar-refractivity contribution is 0.598. The van der Waals surface area contributed by atoms with Gasteiger partial charge in [0, 0.05) is 11.4 Å². The van der Waals surface area contributed by atoms with E-state index in [4.69, 9.17) is 0 Å². The van der Waals surface area contributed by atoms with Gasteiger partial charge < -0.3 is 0 Å². The zero-order chi connectivity index (χ0) is 24.5. The number of aromatic nitrogens is 2. The van der Waals surface area contributed by atoms with Gasteiger partial charge in [0.25, 0.3) is 20.0 Å². The summed E-state index contributed by atoms with van der Waals surface area (Å²) in [5.74, 6) is 0. The molecule has 0 radical (unpaired) electrons. The van der Waals surface area contributed by atoms with Gasteiger partial charge in [-0.15, -0.1) is 0 Å². The standard InChI is InChI=1S/C24H24N4O4S2/c1-17-9-15-23(16-10-17)33(29,30)26-20-11-13-21(14-12-20)27-34(31,32)24-18(2)25-28(19(24)3)22-7-5-4-6-8-22/h4-16,26-27H,1-3H3. The van der Waals surface area contributed by atoms with E-state index >= 15 is 0 Å². The lowest BCUT2D eigenvalue weighted by Crippen LogP contribution is -2.15. The van der Waals surface area contributed by atoms with Gasteiger partial charge in [-0.1, -0.05) is 35.9 Å². The van der Waals surface area contributed by atoms with Crippen LogP contribution in [0.4, 0.5) is 11.4 Å². The van der Waals surface area contributed by atoms with E-state index in [1.165, 1.54) is 36.4 Å². The van der Waals surface area contributed by atoms with Crippen molar-refractivity contribution in [3.8, 4) is 5.69 Å². The van der Waals surface area contributed by atoms with E-state index in [0.29, 0.717) is 22.8 Å². The fourth-order valence-electron chi connectivity index (χ4n) is 3.58. The Balaban J connectivity index is 1.55. The molecule has 1 aromatic heterocycles. The van der Waals surface area contributed by atoms with E-state index in [1.54, 1.807) is 30.7 Å². The van der Waals surface area contributed by atoms with Crippen molar-refractivity contribution in [1.82, 2.24) is 9.78 Å². The van der Waals surface area contributed by atoms with Crippen LogP contribution in [0.2, 0.25) is 0 Å². The molecular formula is C24H24N4O4S2. The molecule has 2 N–H and O–H groups in total. The summed E-state index contributed by atoms with van der Waals surface area (Å²) in [6.45, 7) is 5.22. The summed E-state index contributed by atoms with van der Waals surface area (Å²) >= 11 is 0. The monoisotopic (exact) mass is 496 g/mol. The third-order valence-electron chi connectivity index (χ3n) is 5.22. The Morgan fingerprint density at radius 3 is 1.76 bits per heavy atom. The van der Waals surface area contributed by atoms with E-state index in [-0.39, 0.29) is 9.79 Å². The number of sulfonamides is 2. The molecule has 176 valence electrons. The number of nitrogens with zero attached hydrogens (tertiary/aromatic N) is 2. The second-order valence-electron chi connectivity index (χ2n) is 7.85. The van der Waals surface area contributed by atoms with Crippen molar-refractivity contribution >= 4 is 31.4 Å². The summed E-state index contributed by atoms with van der Waals surface area (Å²) in [5, 5.41) is 4.40. The summed E-state index contributed by atoms with van der Waals surface area (Å²) < 4.78 is 58.1. The van der Waals surface area contributed by atoms with Crippen LogP contribution in [0.1, 0.15) is 17.0 Å². The number of hydrogen-bond acceptors (Lipinski definition) is 5. The molecule has 0 amide bonds. The van der Waals surface area contributed by atoms with Crippen molar-refractivity contribution in [2.45, 2.75) is 30.6 Å². The highest BCUT2D eigenvalue weighted by molar-refractivity contribution is 7.93. The quantitative estimate of drug-likeness (QED) is 0.394. The molecule has 0 aliphatic rings. The normalized spacial score (nSPS) is 11.9. The summed E-state index contributed by atoms with van der Waals surface area (Å²) in [4.78, 5) is 0.241. The maximum Gasteiger partial charge on any atom is 0.265 e. The van der Waals surface area contributed by atoms with Gasteiger partial charge in [0.15, 0.2) is 0 Å². The average molecular weight is 497 g/mol. The molecule has 1 heterocycles. The van der Waals surface area contributed by atoms with Crippen molar-refractivity contribution in [3.63, 3.8) is 0 Å². The van der Waals surface area contributed by atoms with Crippen LogP contribution < -0.4 is 9.44 Å². The number of para-hydroxylation sites is 1. The van der Waals surface area contributed by atoms with Crippen LogP contribution in [0, 0.1) is 20.8 Å². The highest BCUT2D eigenvalue weighted by atomic mass is 32.2. The van der Waals surface area contributed by atoms with Crippen molar-refractivity contribution < 1.29 is 16.8 Å². The molecular weight excluding hydrogens is 472 g/mol. The second-order valence-corrected chi connectivity index (χ2v) is 11.2. The molecule has 0 aliphatic heterocycles. The first-order valence-electron chi connectivity index (χ1n) is 10.4. The Hall–Kier alpha value is -3.63. The number of aryl methyl sites for hydroxylation is 2. The maximum absolute atomic E-state index is 13.1. The van der Waals surface area contributed by atoms with Gasteiger partial charge in [-0.05, 0) is 69.3 Å². The van der Waals surface area contributed by atoms with Gasteiger partial charge in [-0.25, -0.2) is 21.5 Å². The number of benzene rings is 3. The van der Waals surface area contributed by atoms with Crippen LogP contribution in [-0.2, 0) is 20.0 Å². The van der Waals surface area contributed by atoms with Crippen LogP contribution in [0.15, 0.2) is 88.7 Å². The Morgan fingerprint density at radius 1 is 0.676 bits per heavy atom. The number of hydrogen-bond donors (Lipinski definition) is 2. The van der Waals surface area contributed by atoms with Gasteiger partial charge in [-0.3, -0.25) is 9.44 Å². The SMILES string of the molecule is Cc1ccc(S(=O)(=O)Nc2ccc(NS(=O)(=O)c3c(C)nn(-c4ccccc4)c3C)cc2)cc1. The highest BCUT2D eigenvalue weighted by Crippen LogP contribution is 2.26. The molecule has 0 saturated heterocycles. The molecule has 0 saturated carbocycles. The average Bonchev–Trinajstić information content (AvgIpc) is 3.10. The van der Waals surface area contributed by atoms with Gasteiger partial charge in [0.2, 0.25) is 0 Å². The third kappa shape index (κ3) is 4.82. The van der Waals surface area contributed by atoms with Crippen LogP contribution in [0.5, 0.6) is 0 Å². The molecule has 10 heteroatoms. The molecule has 3 aromatic carbocycles. The van der Waals surface area contributed by atoms with Gasteiger partial charge >= 0.3 is 0 Å². The van der Waals surface area contributed by atoms with E-state index < -0.39 is 20.0 Å². The first-order valence-corrected chi connectivity index (χ1v) is 13.4. The number of anilines is 2. The minimum absolute atomic E-state index is 0.0977. The van der Waals surface area contributed by atoms with Crippen LogP contribution in [0.25, 0.3) is 5.69 Å². The summed E-state index contributed by atoms with van der Waals surface area (Å²) in [7, 11) is -7.68. The first kappa shape index (κ1) is 23.5. The van der Waals surface area contributed by atoms with E-state index in [1.807, 2.05) is 37.3 Å². The Morgan fingerprint density at radius 2 is 1.21 bits per heavy atom. The summed E-state index contributed by atoms with van der Waals surface area (Å²) in [5.41, 5.74) is 3.18. The summed E-state index contributed by atoms with van der Waals surface area (Å²) in [6, 6.07) is 21.8. The fraction of sp³-hybridized carbons (Fsp3) is 0.125. The van der Waals surface area contributed by atoms with Crippen molar-refractivity contribution in [2.24, 2.45) is 0 Å². The van der Waals surface area contributed by atoms with Crippen LogP contribution in [0.3, 0.4) is 0 Å². The first-order chi connectivity index (χ1) is 16.1. The van der Waals surface area contributed by atoms with E-state index in [9.17, 15) is 16.8 Å². The van der Waals surface area contributed by atoms with Gasteiger partial charge in [0.05, 0.1) is 22.0 Å². The van der Waals surface area contributed by atoms with E-state index in [0.717, 1.165) is 11.3 Å². The zero-order valence-corrected chi connectivity index (χ0v) is 20.5. The summed E-state index contributed by atoms with van der Waals surface area (Å²) in [6.07, 6.45) is 0. The van der Waals surface area contributed by atoms with Crippen molar-refractivity contribution in [1.29, 1.82) is 0 Å². The molecule has 0 bridgehead atoms. The predicted molar refractivity (Wildman–Crippen MR) is 132 cm³/mol. The fourth-order valence-corrected chi connectivity index (χ4v) is 6.09. The molecule has 0 unspecified atom stereocenters. The lowest BCUT2D eigenvalue weighted by atomic mass is 10.2. The lowest BCUT2D eigenvalue weighted by Gasteiger charge is -2.11. The predicted octanol–water partition coefficient (Wildman–Crippen LogP) is 4.40. The minimum Gasteiger partial charge on any atom is -0.280 e. The molecule has 34 heavy (non-hydrogen) atoms. The minimum atomic E-state index is -3.93. The largest absolute Gasteiger partial charge is 0.280 e. The Kier molecular flexibility index (Phi) is 6.20. The molecule has 4 aromatic rings. The third-order valence-corrected chi connectivity index (χ3v) is 8.24. The molecule has 0 spiro atoms. The smallest absolute Gasteiger partial charge is 0.265 e. The zero-order valence-electron chi connectivity index (χ0n) is 18.8. The topological polar surface area (TPSA) is 110 Å². The molecule has 0 fully saturated rings.